The van der Waals surface area contributed by atoms with Gasteiger partial charge < -0.3 is 13.3 Å². The van der Waals surface area contributed by atoms with E-state index in [9.17, 15) is 0 Å². The van der Waals surface area contributed by atoms with Gasteiger partial charge in [0.05, 0.1) is 0 Å². The third-order valence-corrected chi connectivity index (χ3v) is 15.4. The summed E-state index contributed by atoms with van der Waals surface area (Å²) in [5.74, 6) is 0. The average Bonchev–Trinajstić information content (AvgIpc) is 3.89. The minimum Gasteiger partial charge on any atom is -0.456 e. The number of benzene rings is 6. The van der Waals surface area contributed by atoms with Crippen molar-refractivity contribution in [2.75, 3.05) is 0 Å². The van der Waals surface area contributed by atoms with Crippen molar-refractivity contribution < 1.29 is 13.3 Å². The number of nitrogens with zero attached hydrogens (tertiary/aromatic N) is 2. The molecule has 0 aliphatic heterocycles. The molecule has 0 saturated carbocycles. The van der Waals surface area contributed by atoms with Gasteiger partial charge in [0.1, 0.15) is 33.5 Å². The lowest BCUT2D eigenvalue weighted by Crippen LogP contribution is -2.74. The van der Waals surface area contributed by atoms with Gasteiger partial charge in [-0.2, -0.15) is 0 Å². The molecule has 0 aliphatic carbocycles. The van der Waals surface area contributed by atoms with Crippen LogP contribution in [-0.4, -0.2) is 18.0 Å². The average molecular weight is 685 g/mol. The minimum absolute atomic E-state index is 0.840. The quantitative estimate of drug-likeness (QED) is 0.134. The second kappa shape index (κ2) is 11.1. The molecule has 0 spiro atoms. The molecule has 0 bridgehead atoms. The largest absolute Gasteiger partial charge is 0.456 e. The highest BCUT2D eigenvalue weighted by Gasteiger charge is 2.42. The molecule has 52 heavy (non-hydrogen) atoms. The van der Waals surface area contributed by atoms with E-state index in [1.165, 1.54) is 20.7 Å². The summed E-state index contributed by atoms with van der Waals surface area (Å²) in [6, 6.07) is 52.3. The highest BCUT2D eigenvalue weighted by molar-refractivity contribution is 7.20. The molecule has 11 rings (SSSR count). The summed E-state index contributed by atoms with van der Waals surface area (Å²) in [5.41, 5.74) is 7.34. The van der Waals surface area contributed by atoms with Crippen LogP contribution in [0.3, 0.4) is 0 Å². The van der Waals surface area contributed by atoms with E-state index < -0.39 is 8.07 Å². The van der Waals surface area contributed by atoms with Gasteiger partial charge >= 0.3 is 0 Å². The monoisotopic (exact) mass is 684 g/mol. The SMILES string of the molecule is c1ccc([Si](c2ccccc2)(c2ccc3oc4ccncc4c3c2)c2ccc3oc4ccc(-c5ccc6oc7ccncc7c6c5)cc4c3c2)cc1. The van der Waals surface area contributed by atoms with Crippen molar-refractivity contribution in [2.45, 2.75) is 0 Å². The minimum atomic E-state index is -2.90. The molecule has 5 heterocycles. The molecule has 5 aromatic heterocycles. The van der Waals surface area contributed by atoms with Gasteiger partial charge in [0.15, 0.2) is 8.07 Å². The Balaban J connectivity index is 1.17. The molecular weight excluding hydrogens is 657 g/mol. The molecule has 0 aliphatic rings. The van der Waals surface area contributed by atoms with Crippen LogP contribution in [-0.2, 0) is 0 Å². The van der Waals surface area contributed by atoms with Gasteiger partial charge in [-0.05, 0) is 80.4 Å². The molecule has 5 nitrogen and oxygen atoms in total. The van der Waals surface area contributed by atoms with Crippen molar-refractivity contribution in [3.05, 3.63) is 170 Å². The number of hydrogen-bond donors (Lipinski definition) is 0. The van der Waals surface area contributed by atoms with Crippen LogP contribution < -0.4 is 20.7 Å². The first-order valence-corrected chi connectivity index (χ1v) is 19.4. The van der Waals surface area contributed by atoms with E-state index in [-0.39, 0.29) is 0 Å². The van der Waals surface area contributed by atoms with Crippen LogP contribution in [0.15, 0.2) is 184 Å². The van der Waals surface area contributed by atoms with Crippen LogP contribution in [0.25, 0.3) is 76.9 Å². The Hall–Kier alpha value is -6.76. The molecule has 0 saturated heterocycles. The van der Waals surface area contributed by atoms with Crippen molar-refractivity contribution >= 4 is 94.6 Å². The fourth-order valence-corrected chi connectivity index (χ4v) is 13.0. The fourth-order valence-electron chi connectivity index (χ4n) is 8.22. The zero-order valence-electron chi connectivity index (χ0n) is 27.8. The lowest BCUT2D eigenvalue weighted by atomic mass is 10.0. The van der Waals surface area contributed by atoms with E-state index >= 15 is 0 Å². The first-order valence-electron chi connectivity index (χ1n) is 17.4. The van der Waals surface area contributed by atoms with E-state index in [1.807, 2.05) is 24.5 Å². The number of hydrogen-bond acceptors (Lipinski definition) is 5. The van der Waals surface area contributed by atoms with E-state index in [0.717, 1.165) is 76.9 Å². The summed E-state index contributed by atoms with van der Waals surface area (Å²) in [4.78, 5) is 8.79. The number of furan rings is 3. The van der Waals surface area contributed by atoms with Crippen molar-refractivity contribution in [2.24, 2.45) is 0 Å². The molecule has 244 valence electrons. The molecule has 0 fully saturated rings. The topological polar surface area (TPSA) is 65.2 Å². The third-order valence-electron chi connectivity index (χ3n) is 10.6. The lowest BCUT2D eigenvalue weighted by molar-refractivity contribution is 0.668. The summed E-state index contributed by atoms with van der Waals surface area (Å²) >= 11 is 0. The lowest BCUT2D eigenvalue weighted by Gasteiger charge is -2.34. The molecule has 11 aromatic rings. The highest BCUT2D eigenvalue weighted by atomic mass is 28.3. The Morgan fingerprint density at radius 2 is 0.712 bits per heavy atom. The first kappa shape index (κ1) is 29.0. The Kier molecular flexibility index (Phi) is 6.20. The van der Waals surface area contributed by atoms with E-state index in [0.29, 0.717) is 0 Å². The molecule has 0 radical (unpaired) electrons. The van der Waals surface area contributed by atoms with Crippen LogP contribution in [0.1, 0.15) is 0 Å². The first-order chi connectivity index (χ1) is 25.7. The Morgan fingerprint density at radius 3 is 1.19 bits per heavy atom. The fraction of sp³-hybridized carbons (Fsp3) is 0. The maximum atomic E-state index is 6.51. The normalized spacial score (nSPS) is 12.2. The maximum absolute atomic E-state index is 6.51. The Morgan fingerprint density at radius 1 is 0.327 bits per heavy atom. The number of pyridine rings is 2. The van der Waals surface area contributed by atoms with Crippen molar-refractivity contribution in [3.8, 4) is 11.1 Å². The predicted octanol–water partition coefficient (Wildman–Crippen LogP) is 9.22. The van der Waals surface area contributed by atoms with Crippen molar-refractivity contribution in [3.63, 3.8) is 0 Å². The summed E-state index contributed by atoms with van der Waals surface area (Å²) < 4.78 is 18.9. The van der Waals surface area contributed by atoms with Gasteiger partial charge in [-0.1, -0.05) is 97.1 Å². The summed E-state index contributed by atoms with van der Waals surface area (Å²) in [6.07, 6.45) is 7.33. The second-order valence-corrected chi connectivity index (χ2v) is 17.2. The van der Waals surface area contributed by atoms with Gasteiger partial charge in [0, 0.05) is 57.1 Å². The van der Waals surface area contributed by atoms with E-state index in [2.05, 4.69) is 143 Å². The van der Waals surface area contributed by atoms with E-state index in [4.69, 9.17) is 13.3 Å². The van der Waals surface area contributed by atoms with Crippen LogP contribution in [0.2, 0.25) is 0 Å². The smallest absolute Gasteiger partial charge is 0.179 e. The number of fused-ring (bicyclic) bond motifs is 9. The summed E-state index contributed by atoms with van der Waals surface area (Å²) in [7, 11) is -2.90. The Labute approximate surface area is 298 Å². The second-order valence-electron chi connectivity index (χ2n) is 13.4. The van der Waals surface area contributed by atoms with Crippen LogP contribution in [0.4, 0.5) is 0 Å². The molecule has 0 amide bonds. The third kappa shape index (κ3) is 4.22. The van der Waals surface area contributed by atoms with Gasteiger partial charge in [0.2, 0.25) is 0 Å². The molecule has 0 atom stereocenters. The van der Waals surface area contributed by atoms with Gasteiger partial charge in [-0.25, -0.2) is 0 Å². The van der Waals surface area contributed by atoms with E-state index in [1.54, 1.807) is 12.4 Å². The zero-order valence-corrected chi connectivity index (χ0v) is 28.8. The Bertz CT molecular complexity index is 3100. The van der Waals surface area contributed by atoms with Crippen LogP contribution in [0, 0.1) is 0 Å². The van der Waals surface area contributed by atoms with Crippen molar-refractivity contribution in [1.29, 1.82) is 0 Å². The van der Waals surface area contributed by atoms with Gasteiger partial charge in [-0.3, -0.25) is 9.97 Å². The maximum Gasteiger partial charge on any atom is 0.179 e. The van der Waals surface area contributed by atoms with Crippen LogP contribution >= 0.6 is 0 Å². The predicted molar refractivity (Wildman–Crippen MR) is 213 cm³/mol. The molecular formula is C46H28N2O3Si. The molecule has 0 unspecified atom stereocenters. The summed E-state index contributed by atoms with van der Waals surface area (Å²) in [6.45, 7) is 0. The van der Waals surface area contributed by atoms with Gasteiger partial charge in [0.25, 0.3) is 0 Å². The number of aromatic nitrogens is 2. The van der Waals surface area contributed by atoms with Crippen LogP contribution in [0.5, 0.6) is 0 Å². The standard InChI is InChI=1S/C46H28N2O3Si/c1-3-7-31(8-4-1)52(32-9-5-2-6-10-32,34-14-18-44-38(26-34)40-28-48-22-20-46(40)51-44)33-13-17-43-37(25-33)35-23-29(11-15-41(35)49-43)30-12-16-42-36(24-30)39-27-47-21-19-45(39)50-42/h1-28H. The van der Waals surface area contributed by atoms with Gasteiger partial charge in [-0.15, -0.1) is 0 Å². The molecule has 6 heteroatoms. The summed E-state index contributed by atoms with van der Waals surface area (Å²) in [5, 5.41) is 11.5. The number of rotatable bonds is 5. The molecule has 6 aromatic carbocycles. The van der Waals surface area contributed by atoms with Crippen molar-refractivity contribution in [1.82, 2.24) is 9.97 Å². The highest BCUT2D eigenvalue weighted by Crippen LogP contribution is 2.36. The molecule has 0 N–H and O–H groups in total. The zero-order chi connectivity index (χ0) is 34.2.